The van der Waals surface area contributed by atoms with Gasteiger partial charge >= 0.3 is 145 Å². The first-order chi connectivity index (χ1) is 10.7. The van der Waals surface area contributed by atoms with Crippen LogP contribution in [0.4, 0.5) is 0 Å². The van der Waals surface area contributed by atoms with Crippen molar-refractivity contribution in [3.05, 3.63) is 41.5 Å². The van der Waals surface area contributed by atoms with Crippen LogP contribution < -0.4 is 0 Å². The fourth-order valence-corrected chi connectivity index (χ4v) is 3.45. The Labute approximate surface area is 144 Å². The van der Waals surface area contributed by atoms with Crippen LogP contribution in [0.1, 0.15) is 30.7 Å². The van der Waals surface area contributed by atoms with Gasteiger partial charge in [-0.15, -0.1) is 0 Å². The van der Waals surface area contributed by atoms with Crippen molar-refractivity contribution in [3.8, 4) is 11.4 Å². The standard InChI is InChI=1S/C15H15N4O2.Tl/c1-21-15(20)11-8-6-10(7-9-11)12-4-2-3-5-13(12)14-16-18-19-17-14;/h2-5,8,10H,6-7,9H2,1H3;/q-1;+1. The van der Waals surface area contributed by atoms with Crippen molar-refractivity contribution in [2.24, 2.45) is 0 Å². The van der Waals surface area contributed by atoms with Crippen LogP contribution in [0.25, 0.3) is 11.4 Å². The van der Waals surface area contributed by atoms with Gasteiger partial charge in [-0.25, -0.2) is 0 Å². The summed E-state index contributed by atoms with van der Waals surface area (Å²) >= 11 is 0.513. The number of methoxy groups -OCH3 is 1. The van der Waals surface area contributed by atoms with Crippen LogP contribution >= 0.6 is 0 Å². The van der Waals surface area contributed by atoms with Gasteiger partial charge in [-0.1, -0.05) is 0 Å². The van der Waals surface area contributed by atoms with Crippen LogP contribution in [-0.4, -0.2) is 57.2 Å². The number of benzene rings is 1. The van der Waals surface area contributed by atoms with Gasteiger partial charge in [-0.3, -0.25) is 0 Å². The van der Waals surface area contributed by atoms with Gasteiger partial charge in [0.1, 0.15) is 0 Å². The molecule has 1 aromatic heterocycles. The summed E-state index contributed by atoms with van der Waals surface area (Å²) in [5.74, 6) is 0.835. The number of hydrogen-bond donors (Lipinski definition) is 0. The van der Waals surface area contributed by atoms with Crippen LogP contribution in [0.5, 0.6) is 0 Å². The second kappa shape index (κ2) is 6.68. The van der Waals surface area contributed by atoms with Gasteiger partial charge in [0.25, 0.3) is 0 Å². The number of carbonyl (C=O) groups excluding carboxylic acids is 1. The van der Waals surface area contributed by atoms with Crippen LogP contribution in [-0.2, 0) is 9.53 Å². The summed E-state index contributed by atoms with van der Waals surface area (Å²) in [5.41, 5.74) is 3.04. The molecule has 0 spiro atoms. The van der Waals surface area contributed by atoms with E-state index in [-0.39, 0.29) is 5.97 Å². The Morgan fingerprint density at radius 2 is 2.23 bits per heavy atom. The Kier molecular flexibility index (Phi) is 4.65. The first kappa shape index (κ1) is 15.3. The van der Waals surface area contributed by atoms with Crippen LogP contribution in [0.2, 0.25) is 0 Å². The SMILES string of the molecule is COC(=O)C1=CCC(c2ccccc2-c2nn[n]([Tl])n2)CC1. The number of aromatic nitrogens is 4. The summed E-state index contributed by atoms with van der Waals surface area (Å²) in [6.07, 6.45) is 4.50. The van der Waals surface area contributed by atoms with Gasteiger partial charge in [0.05, 0.1) is 0 Å². The Morgan fingerprint density at radius 3 is 2.86 bits per heavy atom. The van der Waals surface area contributed by atoms with E-state index < -0.39 is 0 Å². The molecule has 6 nitrogen and oxygen atoms in total. The van der Waals surface area contributed by atoms with E-state index in [2.05, 4.69) is 21.5 Å². The molecule has 0 N–H and O–H groups in total. The Bertz CT molecular complexity index is 726. The molecule has 1 aromatic carbocycles. The van der Waals surface area contributed by atoms with Gasteiger partial charge in [-0.2, -0.15) is 0 Å². The number of ether oxygens (including phenoxy) is 1. The second-order valence-electron chi connectivity index (χ2n) is 5.21. The van der Waals surface area contributed by atoms with E-state index in [4.69, 9.17) is 4.74 Å². The third kappa shape index (κ3) is 3.11. The topological polar surface area (TPSA) is 69.9 Å². The molecule has 0 saturated carbocycles. The molecule has 0 bridgehead atoms. The third-order valence-corrected chi connectivity index (χ3v) is 4.78. The zero-order valence-corrected chi connectivity index (χ0v) is 16.8. The van der Waals surface area contributed by atoms with E-state index in [0.717, 1.165) is 30.4 Å². The molecule has 22 heavy (non-hydrogen) atoms. The number of carbonyl (C=O) groups is 1. The third-order valence-electron chi connectivity index (χ3n) is 3.93. The number of hydrogen-bond acceptors (Lipinski definition) is 5. The first-order valence-electron chi connectivity index (χ1n) is 7.10. The number of esters is 1. The number of tetrazole rings is 1. The van der Waals surface area contributed by atoms with Crippen LogP contribution in [0.15, 0.2) is 35.9 Å². The minimum atomic E-state index is -0.215. The molecule has 1 atom stereocenters. The van der Waals surface area contributed by atoms with E-state index in [1.54, 1.807) is 2.61 Å². The summed E-state index contributed by atoms with van der Waals surface area (Å²) in [5, 5.41) is 12.5. The van der Waals surface area contributed by atoms with E-state index >= 15 is 0 Å². The Balaban J connectivity index is 1.88. The van der Waals surface area contributed by atoms with Crippen molar-refractivity contribution in [1.82, 2.24) is 18.0 Å². The summed E-state index contributed by atoms with van der Waals surface area (Å²) in [7, 11) is 1.42. The van der Waals surface area contributed by atoms with Crippen molar-refractivity contribution in [2.75, 3.05) is 7.11 Å². The van der Waals surface area contributed by atoms with Gasteiger partial charge in [0.2, 0.25) is 0 Å². The van der Waals surface area contributed by atoms with Crippen LogP contribution in [0, 0.1) is 0 Å². The van der Waals surface area contributed by atoms with Crippen LogP contribution in [0.3, 0.4) is 0 Å². The van der Waals surface area contributed by atoms with Crippen molar-refractivity contribution >= 4 is 32.0 Å². The van der Waals surface area contributed by atoms with Gasteiger partial charge in [0.15, 0.2) is 0 Å². The Morgan fingerprint density at radius 1 is 1.41 bits per heavy atom. The molecular formula is C15H15N4O2Tl. The van der Waals surface area contributed by atoms with E-state index in [0.29, 0.717) is 37.8 Å². The van der Waals surface area contributed by atoms with Crippen molar-refractivity contribution < 1.29 is 9.53 Å². The summed E-state index contributed by atoms with van der Waals surface area (Å²) < 4.78 is 6.42. The average Bonchev–Trinajstić information content (AvgIpc) is 3.00. The Hall–Kier alpha value is -1.58. The molecule has 0 aliphatic heterocycles. The molecule has 1 heterocycles. The molecule has 110 valence electrons. The van der Waals surface area contributed by atoms with E-state index in [1.807, 2.05) is 24.3 Å². The minimum absolute atomic E-state index is 0.215. The summed E-state index contributed by atoms with van der Waals surface area (Å²) in [4.78, 5) is 11.6. The molecule has 1 aliphatic carbocycles. The molecule has 1 aliphatic rings. The molecule has 0 amide bonds. The fourth-order valence-electron chi connectivity index (χ4n) is 2.82. The zero-order chi connectivity index (χ0) is 15.5. The van der Waals surface area contributed by atoms with E-state index in [1.165, 1.54) is 12.7 Å². The monoisotopic (exact) mass is 488 g/mol. The maximum atomic E-state index is 11.6. The summed E-state index contributed by atoms with van der Waals surface area (Å²) in [6.45, 7) is 0. The van der Waals surface area contributed by atoms with Crippen molar-refractivity contribution in [3.63, 3.8) is 0 Å². The van der Waals surface area contributed by atoms with Crippen molar-refractivity contribution in [1.29, 1.82) is 0 Å². The zero-order valence-electron chi connectivity index (χ0n) is 12.3. The summed E-state index contributed by atoms with van der Waals surface area (Å²) in [6, 6.07) is 8.18. The average molecular weight is 488 g/mol. The molecule has 0 saturated heterocycles. The van der Waals surface area contributed by atoms with Gasteiger partial charge in [0, 0.05) is 0 Å². The first-order valence-corrected chi connectivity index (χ1v) is 9.11. The molecule has 0 fully saturated rings. The van der Waals surface area contributed by atoms with Gasteiger partial charge in [-0.05, 0) is 0 Å². The van der Waals surface area contributed by atoms with Crippen molar-refractivity contribution in [2.45, 2.75) is 25.2 Å². The molecular weight excluding hydrogens is 473 g/mol. The normalized spacial score (nSPS) is 17.8. The number of allylic oxidation sites excluding steroid dienone is 1. The number of nitrogens with zero attached hydrogens (tertiary/aromatic N) is 4. The predicted molar refractivity (Wildman–Crippen MR) is 81.1 cm³/mol. The quantitative estimate of drug-likeness (QED) is 0.486. The number of rotatable bonds is 3. The van der Waals surface area contributed by atoms with E-state index in [9.17, 15) is 4.79 Å². The predicted octanol–water partition coefficient (Wildman–Crippen LogP) is 1.64. The van der Waals surface area contributed by atoms with Gasteiger partial charge < -0.3 is 0 Å². The second-order valence-corrected chi connectivity index (χ2v) is 7.01. The molecule has 0 radical (unpaired) electrons. The maximum absolute atomic E-state index is 11.6. The molecule has 3 rings (SSSR count). The molecule has 7 heteroatoms. The molecule has 1 unspecified atom stereocenters. The fraction of sp³-hybridized carbons (Fsp3) is 0.333. The molecule has 2 aromatic rings.